The zero-order valence-electron chi connectivity index (χ0n) is 11.8. The standard InChI is InChI=1S/C12H30OSi2/c1-8-11(4)15(7,10-3)13-12(5)14(6)9-2/h11-12,14H,8-10H2,1-7H3. The summed E-state index contributed by atoms with van der Waals surface area (Å²) in [4.78, 5) is 0. The summed E-state index contributed by atoms with van der Waals surface area (Å²) in [6, 6.07) is 2.62. The van der Waals surface area contributed by atoms with Gasteiger partial charge in [0.15, 0.2) is 8.32 Å². The molecule has 0 bridgehead atoms. The number of hydrogen-bond acceptors (Lipinski definition) is 1. The van der Waals surface area contributed by atoms with Crippen LogP contribution in [0, 0.1) is 0 Å². The van der Waals surface area contributed by atoms with Gasteiger partial charge in [-0.15, -0.1) is 0 Å². The average Bonchev–Trinajstić information content (AvgIpc) is 2.26. The lowest BCUT2D eigenvalue weighted by Gasteiger charge is -2.36. The molecule has 0 heterocycles. The Kier molecular flexibility index (Phi) is 7.05. The van der Waals surface area contributed by atoms with Gasteiger partial charge in [0.1, 0.15) is 0 Å². The van der Waals surface area contributed by atoms with Crippen LogP contribution in [0.3, 0.4) is 0 Å². The van der Waals surface area contributed by atoms with Crippen LogP contribution in [-0.4, -0.2) is 22.8 Å². The van der Waals surface area contributed by atoms with Crippen LogP contribution in [0.15, 0.2) is 0 Å². The van der Waals surface area contributed by atoms with Gasteiger partial charge < -0.3 is 4.43 Å². The normalized spacial score (nSPS) is 21.8. The van der Waals surface area contributed by atoms with E-state index in [9.17, 15) is 0 Å². The van der Waals surface area contributed by atoms with Crippen LogP contribution in [0.4, 0.5) is 0 Å². The van der Waals surface area contributed by atoms with Crippen molar-refractivity contribution in [2.75, 3.05) is 0 Å². The van der Waals surface area contributed by atoms with E-state index in [1.54, 1.807) is 0 Å². The molecule has 0 radical (unpaired) electrons. The van der Waals surface area contributed by atoms with Crippen LogP contribution >= 0.6 is 0 Å². The zero-order chi connectivity index (χ0) is 12.1. The molecule has 0 aromatic carbocycles. The van der Waals surface area contributed by atoms with Crippen LogP contribution in [-0.2, 0) is 4.43 Å². The third-order valence-corrected chi connectivity index (χ3v) is 12.4. The molecule has 15 heavy (non-hydrogen) atoms. The first-order valence-corrected chi connectivity index (χ1v) is 11.9. The topological polar surface area (TPSA) is 9.23 Å². The van der Waals surface area contributed by atoms with Gasteiger partial charge in [0.05, 0.1) is 8.80 Å². The Hall–Kier alpha value is 0.394. The highest BCUT2D eigenvalue weighted by Gasteiger charge is 2.35. The second-order valence-corrected chi connectivity index (χ2v) is 13.4. The van der Waals surface area contributed by atoms with Crippen molar-refractivity contribution in [1.82, 2.24) is 0 Å². The molecule has 0 rings (SSSR count). The van der Waals surface area contributed by atoms with Crippen LogP contribution in [0.5, 0.6) is 0 Å². The zero-order valence-corrected chi connectivity index (χ0v) is 13.9. The summed E-state index contributed by atoms with van der Waals surface area (Å²) in [5, 5.41) is 0. The summed E-state index contributed by atoms with van der Waals surface area (Å²) in [5.41, 5.74) is 1.36. The Bertz CT molecular complexity index is 175. The van der Waals surface area contributed by atoms with E-state index in [-0.39, 0.29) is 0 Å². The second kappa shape index (κ2) is 6.87. The van der Waals surface area contributed by atoms with Gasteiger partial charge in [-0.25, -0.2) is 0 Å². The SMILES string of the molecule is CCC(C)[Si](C)(CC)OC(C)[SiH](C)CC. The molecule has 0 aliphatic heterocycles. The highest BCUT2D eigenvalue weighted by molar-refractivity contribution is 6.74. The first kappa shape index (κ1) is 15.4. The van der Waals surface area contributed by atoms with Gasteiger partial charge in [-0.05, 0) is 25.1 Å². The maximum absolute atomic E-state index is 6.49. The third-order valence-electron chi connectivity index (χ3n) is 4.26. The van der Waals surface area contributed by atoms with Gasteiger partial charge in [-0.2, -0.15) is 0 Å². The van der Waals surface area contributed by atoms with Crippen molar-refractivity contribution < 1.29 is 4.43 Å². The largest absolute Gasteiger partial charge is 0.418 e. The maximum atomic E-state index is 6.49. The van der Waals surface area contributed by atoms with Crippen molar-refractivity contribution in [1.29, 1.82) is 0 Å². The van der Waals surface area contributed by atoms with E-state index in [1.165, 1.54) is 18.5 Å². The average molecular weight is 247 g/mol. The maximum Gasteiger partial charge on any atom is 0.192 e. The summed E-state index contributed by atoms with van der Waals surface area (Å²) in [6.07, 6.45) is 1.27. The Morgan fingerprint density at radius 3 is 2.07 bits per heavy atom. The first-order valence-electron chi connectivity index (χ1n) is 6.59. The minimum atomic E-state index is -1.43. The monoisotopic (exact) mass is 246 g/mol. The van der Waals surface area contributed by atoms with E-state index >= 15 is 0 Å². The summed E-state index contributed by atoms with van der Waals surface area (Å²) in [7, 11) is -2.06. The third kappa shape index (κ3) is 4.41. The lowest BCUT2D eigenvalue weighted by atomic mass is 10.4. The highest BCUT2D eigenvalue weighted by atomic mass is 28.4. The van der Waals surface area contributed by atoms with Crippen LogP contribution < -0.4 is 0 Å². The fourth-order valence-electron chi connectivity index (χ4n) is 1.85. The molecule has 92 valence electrons. The minimum absolute atomic E-state index is 0.570. The van der Waals surface area contributed by atoms with Crippen LogP contribution in [0.1, 0.15) is 41.0 Å². The quantitative estimate of drug-likeness (QED) is 0.612. The van der Waals surface area contributed by atoms with Gasteiger partial charge in [-0.1, -0.05) is 46.7 Å². The van der Waals surface area contributed by atoms with Crippen molar-refractivity contribution in [3.63, 3.8) is 0 Å². The van der Waals surface area contributed by atoms with Gasteiger partial charge in [0.2, 0.25) is 0 Å². The smallest absolute Gasteiger partial charge is 0.192 e. The molecule has 0 N–H and O–H groups in total. The molecule has 0 spiro atoms. The molecule has 0 saturated heterocycles. The Balaban J connectivity index is 4.42. The molecule has 0 aromatic heterocycles. The Labute approximate surface area is 99.3 Å². The van der Waals surface area contributed by atoms with E-state index in [1.807, 2.05) is 0 Å². The van der Waals surface area contributed by atoms with Crippen LogP contribution in [0.25, 0.3) is 0 Å². The molecule has 0 amide bonds. The molecule has 4 atom stereocenters. The molecule has 0 fully saturated rings. The predicted octanol–water partition coefficient (Wildman–Crippen LogP) is 4.20. The van der Waals surface area contributed by atoms with Gasteiger partial charge in [-0.3, -0.25) is 0 Å². The molecule has 3 heteroatoms. The van der Waals surface area contributed by atoms with E-state index < -0.39 is 17.1 Å². The molecular formula is C12H30OSi2. The van der Waals surface area contributed by atoms with E-state index in [2.05, 4.69) is 47.7 Å². The molecular weight excluding hydrogens is 216 g/mol. The lowest BCUT2D eigenvalue weighted by molar-refractivity contribution is 0.270. The van der Waals surface area contributed by atoms with Gasteiger partial charge in [0, 0.05) is 5.73 Å². The Morgan fingerprint density at radius 1 is 1.20 bits per heavy atom. The highest BCUT2D eigenvalue weighted by Crippen LogP contribution is 2.30. The van der Waals surface area contributed by atoms with Crippen molar-refractivity contribution in [3.8, 4) is 0 Å². The van der Waals surface area contributed by atoms with Crippen molar-refractivity contribution in [2.24, 2.45) is 0 Å². The predicted molar refractivity (Wildman–Crippen MR) is 75.9 cm³/mol. The van der Waals surface area contributed by atoms with Crippen molar-refractivity contribution >= 4 is 17.1 Å². The van der Waals surface area contributed by atoms with Crippen molar-refractivity contribution in [2.45, 2.75) is 77.5 Å². The summed E-state index contributed by atoms with van der Waals surface area (Å²) >= 11 is 0. The van der Waals surface area contributed by atoms with Crippen molar-refractivity contribution in [3.05, 3.63) is 0 Å². The Morgan fingerprint density at radius 2 is 1.73 bits per heavy atom. The number of hydrogen-bond donors (Lipinski definition) is 0. The second-order valence-electron chi connectivity index (χ2n) is 5.18. The van der Waals surface area contributed by atoms with Gasteiger partial charge >= 0.3 is 0 Å². The summed E-state index contributed by atoms with van der Waals surface area (Å²) in [6.45, 7) is 16.5. The fourth-order valence-corrected chi connectivity index (χ4v) is 7.19. The lowest BCUT2D eigenvalue weighted by Crippen LogP contribution is -2.44. The van der Waals surface area contributed by atoms with Crippen LogP contribution in [0.2, 0.25) is 30.7 Å². The summed E-state index contributed by atoms with van der Waals surface area (Å²) < 4.78 is 6.49. The van der Waals surface area contributed by atoms with Gasteiger partial charge in [0.25, 0.3) is 0 Å². The number of rotatable bonds is 7. The fraction of sp³-hybridized carbons (Fsp3) is 1.00. The first-order chi connectivity index (χ1) is 6.91. The minimum Gasteiger partial charge on any atom is -0.418 e. The molecule has 0 saturated carbocycles. The molecule has 0 aliphatic carbocycles. The molecule has 4 unspecified atom stereocenters. The van der Waals surface area contributed by atoms with E-state index in [4.69, 9.17) is 4.43 Å². The van der Waals surface area contributed by atoms with E-state index in [0.29, 0.717) is 5.73 Å². The summed E-state index contributed by atoms with van der Waals surface area (Å²) in [5.74, 6) is 0. The van der Waals surface area contributed by atoms with E-state index in [0.717, 1.165) is 5.54 Å². The molecule has 0 aromatic rings. The molecule has 0 aliphatic rings. The molecule has 1 nitrogen and oxygen atoms in total.